The summed E-state index contributed by atoms with van der Waals surface area (Å²) in [4.78, 5) is 0. The number of rotatable bonds is 3. The van der Waals surface area contributed by atoms with Crippen LogP contribution in [0.1, 0.15) is 0 Å². The van der Waals surface area contributed by atoms with Gasteiger partial charge in [0.2, 0.25) is 0 Å². The molecule has 74 valence electrons. The highest BCUT2D eigenvalue weighted by atomic mass is 33.1. The van der Waals surface area contributed by atoms with Crippen molar-refractivity contribution < 1.29 is 0 Å². The summed E-state index contributed by atoms with van der Waals surface area (Å²) in [5.41, 5.74) is 0. The zero-order chi connectivity index (χ0) is 9.64. The molecule has 0 aromatic rings. The number of nitrogens with zero attached hydrogens (tertiary/aromatic N) is 2. The van der Waals surface area contributed by atoms with Crippen LogP contribution in [0.3, 0.4) is 0 Å². The molecule has 0 N–H and O–H groups in total. The maximum atomic E-state index is 2.21. The van der Waals surface area contributed by atoms with Crippen molar-refractivity contribution >= 4 is 22.0 Å². The molecule has 0 saturated carbocycles. The van der Waals surface area contributed by atoms with E-state index in [1.165, 1.54) is 0 Å². The van der Waals surface area contributed by atoms with Crippen LogP contribution >= 0.6 is 22.0 Å². The van der Waals surface area contributed by atoms with Crippen LogP contribution in [0.5, 0.6) is 0 Å². The summed E-state index contributed by atoms with van der Waals surface area (Å²) in [7, 11) is 3.51. The Bertz CT molecular complexity index is 264. The topological polar surface area (TPSA) is 6.48 Å². The largest absolute Gasteiger partial charge is 0.309 e. The van der Waals surface area contributed by atoms with E-state index in [2.05, 4.69) is 57.5 Å². The Morgan fingerprint density at radius 3 is 1.57 bits per heavy atom. The minimum absolute atomic E-state index is 0.988. The molecule has 0 aromatic heterocycles. The molecule has 0 aromatic carbocycles. The average Bonchev–Trinajstić information content (AvgIpc) is 2.29. The zero-order valence-corrected chi connectivity index (χ0v) is 9.38. The molecule has 0 atom stereocenters. The highest BCUT2D eigenvalue weighted by Crippen LogP contribution is 2.31. The first kappa shape index (κ1) is 9.80. The fourth-order valence-corrected chi connectivity index (χ4v) is 2.98. The maximum Gasteiger partial charge on any atom is 0.0481 e. The lowest BCUT2D eigenvalue weighted by Crippen LogP contribution is -2.13. The van der Waals surface area contributed by atoms with Gasteiger partial charge in [0.25, 0.3) is 0 Å². The molecule has 2 aliphatic heterocycles. The van der Waals surface area contributed by atoms with Crippen molar-refractivity contribution in [2.45, 2.75) is 0 Å². The van der Waals surface area contributed by atoms with Crippen molar-refractivity contribution in [2.75, 3.05) is 13.1 Å². The van der Waals surface area contributed by atoms with Crippen molar-refractivity contribution in [3.05, 3.63) is 48.9 Å². The van der Waals surface area contributed by atoms with Crippen LogP contribution < -0.4 is 0 Å². The molecule has 2 nitrogen and oxygen atoms in total. The Morgan fingerprint density at radius 1 is 0.714 bits per heavy atom. The molecule has 0 unspecified atom stereocenters. The molecule has 0 fully saturated rings. The summed E-state index contributed by atoms with van der Waals surface area (Å²) >= 11 is 0. The van der Waals surface area contributed by atoms with E-state index in [4.69, 9.17) is 0 Å². The van der Waals surface area contributed by atoms with Crippen molar-refractivity contribution in [3.63, 3.8) is 0 Å². The third kappa shape index (κ3) is 2.89. The average molecular weight is 224 g/mol. The van der Waals surface area contributed by atoms with Crippen LogP contribution in [-0.4, -0.2) is 21.7 Å². The third-order valence-electron chi connectivity index (χ3n) is 1.79. The standard InChI is InChI=1S/C10H12N2S2/c1-3-7-11(8-4-1)13-14-12-9-5-2-6-10-12/h1-7,9H,8,10H2. The number of hydrogen-bond acceptors (Lipinski definition) is 4. The van der Waals surface area contributed by atoms with Crippen molar-refractivity contribution in [1.29, 1.82) is 0 Å². The van der Waals surface area contributed by atoms with Gasteiger partial charge >= 0.3 is 0 Å². The molecule has 0 spiro atoms. The molecule has 2 heterocycles. The first-order chi connectivity index (χ1) is 6.95. The van der Waals surface area contributed by atoms with E-state index in [0.717, 1.165) is 13.1 Å². The summed E-state index contributed by atoms with van der Waals surface area (Å²) in [5.74, 6) is 0. The lowest BCUT2D eigenvalue weighted by molar-refractivity contribution is 0.685. The van der Waals surface area contributed by atoms with Crippen LogP contribution in [0.25, 0.3) is 0 Å². The normalized spacial score (nSPS) is 19.4. The van der Waals surface area contributed by atoms with Gasteiger partial charge in [0, 0.05) is 47.4 Å². The Hall–Kier alpha value is -0.740. The highest BCUT2D eigenvalue weighted by molar-refractivity contribution is 8.74. The van der Waals surface area contributed by atoms with Gasteiger partial charge in [0.15, 0.2) is 0 Å². The fourth-order valence-electron chi connectivity index (χ4n) is 1.10. The van der Waals surface area contributed by atoms with E-state index >= 15 is 0 Å². The predicted molar refractivity (Wildman–Crippen MR) is 65.2 cm³/mol. The highest BCUT2D eigenvalue weighted by Gasteiger charge is 2.05. The van der Waals surface area contributed by atoms with Gasteiger partial charge in [-0.05, 0) is 12.2 Å². The van der Waals surface area contributed by atoms with Crippen LogP contribution in [-0.2, 0) is 0 Å². The molecular weight excluding hydrogens is 212 g/mol. The van der Waals surface area contributed by atoms with E-state index in [-0.39, 0.29) is 0 Å². The molecule has 2 aliphatic rings. The van der Waals surface area contributed by atoms with Gasteiger partial charge in [-0.25, -0.2) is 0 Å². The van der Waals surface area contributed by atoms with E-state index in [1.54, 1.807) is 22.0 Å². The summed E-state index contributed by atoms with van der Waals surface area (Å²) in [5, 5.41) is 0. The van der Waals surface area contributed by atoms with Gasteiger partial charge in [-0.1, -0.05) is 24.3 Å². The van der Waals surface area contributed by atoms with Gasteiger partial charge in [0.05, 0.1) is 0 Å². The monoisotopic (exact) mass is 224 g/mol. The summed E-state index contributed by atoms with van der Waals surface area (Å²) in [6.07, 6.45) is 16.8. The lowest BCUT2D eigenvalue weighted by atomic mass is 10.4. The first-order valence-corrected chi connectivity index (χ1v) is 6.56. The minimum Gasteiger partial charge on any atom is -0.309 e. The predicted octanol–water partition coefficient (Wildman–Crippen LogP) is 2.97. The Morgan fingerprint density at radius 2 is 1.21 bits per heavy atom. The maximum absolute atomic E-state index is 2.21. The summed E-state index contributed by atoms with van der Waals surface area (Å²) < 4.78 is 4.41. The third-order valence-corrected chi connectivity index (χ3v) is 4.13. The van der Waals surface area contributed by atoms with Crippen LogP contribution in [0.15, 0.2) is 48.9 Å². The lowest BCUT2D eigenvalue weighted by Gasteiger charge is -2.23. The molecule has 4 heteroatoms. The van der Waals surface area contributed by atoms with Gasteiger partial charge in [-0.2, -0.15) is 0 Å². The summed E-state index contributed by atoms with van der Waals surface area (Å²) in [6.45, 7) is 1.98. The quantitative estimate of drug-likeness (QED) is 0.537. The second-order valence-corrected chi connectivity index (χ2v) is 5.02. The number of hydrogen-bond donors (Lipinski definition) is 0. The molecular formula is C10H12N2S2. The Balaban J connectivity index is 1.72. The second-order valence-electron chi connectivity index (χ2n) is 2.89. The minimum atomic E-state index is 0.988. The Kier molecular flexibility index (Phi) is 3.65. The smallest absolute Gasteiger partial charge is 0.0481 e. The molecule has 0 radical (unpaired) electrons. The van der Waals surface area contributed by atoms with E-state index in [1.807, 2.05) is 0 Å². The van der Waals surface area contributed by atoms with E-state index in [9.17, 15) is 0 Å². The molecule has 14 heavy (non-hydrogen) atoms. The molecule has 0 amide bonds. The molecule has 2 rings (SSSR count). The van der Waals surface area contributed by atoms with Gasteiger partial charge < -0.3 is 8.61 Å². The van der Waals surface area contributed by atoms with Gasteiger partial charge in [-0.3, -0.25) is 0 Å². The van der Waals surface area contributed by atoms with E-state index in [0.29, 0.717) is 0 Å². The fraction of sp³-hybridized carbons (Fsp3) is 0.200. The van der Waals surface area contributed by atoms with Crippen molar-refractivity contribution in [2.24, 2.45) is 0 Å². The van der Waals surface area contributed by atoms with Crippen LogP contribution in [0, 0.1) is 0 Å². The first-order valence-electron chi connectivity index (χ1n) is 4.50. The van der Waals surface area contributed by atoms with Crippen LogP contribution in [0.2, 0.25) is 0 Å². The molecule has 0 saturated heterocycles. The number of allylic oxidation sites excluding steroid dienone is 4. The SMILES string of the molecule is C1=CCN(SSN2C=CC=CC2)C=C1. The van der Waals surface area contributed by atoms with Crippen molar-refractivity contribution in [1.82, 2.24) is 8.61 Å². The molecule has 0 bridgehead atoms. The second kappa shape index (κ2) is 5.22. The van der Waals surface area contributed by atoms with Crippen molar-refractivity contribution in [3.8, 4) is 0 Å². The van der Waals surface area contributed by atoms with Crippen LogP contribution in [0.4, 0.5) is 0 Å². The summed E-state index contributed by atoms with van der Waals surface area (Å²) in [6, 6.07) is 0. The van der Waals surface area contributed by atoms with Gasteiger partial charge in [-0.15, -0.1) is 0 Å². The Labute approximate surface area is 92.7 Å². The zero-order valence-electron chi connectivity index (χ0n) is 7.74. The van der Waals surface area contributed by atoms with Gasteiger partial charge in [0.1, 0.15) is 0 Å². The van der Waals surface area contributed by atoms with E-state index < -0.39 is 0 Å². The molecule has 0 aliphatic carbocycles.